The van der Waals surface area contributed by atoms with Crippen molar-refractivity contribution < 1.29 is 4.79 Å². The second-order valence-corrected chi connectivity index (χ2v) is 6.46. The summed E-state index contributed by atoms with van der Waals surface area (Å²) in [7, 11) is 0. The molecule has 0 saturated carbocycles. The van der Waals surface area contributed by atoms with E-state index in [-0.39, 0.29) is 17.9 Å². The number of amides is 1. The Bertz CT molecular complexity index is 576. The summed E-state index contributed by atoms with van der Waals surface area (Å²) in [6.07, 6.45) is 6.57. The number of aryl methyl sites for hydroxylation is 1. The molecule has 3 heterocycles. The molecule has 20 heavy (non-hydrogen) atoms. The lowest BCUT2D eigenvalue weighted by molar-refractivity contribution is -0.125. The van der Waals surface area contributed by atoms with Gasteiger partial charge in [-0.2, -0.15) is 0 Å². The fourth-order valence-electron chi connectivity index (χ4n) is 2.65. The van der Waals surface area contributed by atoms with Gasteiger partial charge in [0, 0.05) is 42.2 Å². The SMILES string of the molecule is CC(Cc1cccs1)C(=O)NC1CCc2nccn2C1. The van der Waals surface area contributed by atoms with Gasteiger partial charge in [-0.25, -0.2) is 4.98 Å². The zero-order chi connectivity index (χ0) is 13.9. The number of thiophene rings is 1. The van der Waals surface area contributed by atoms with Gasteiger partial charge in [-0.15, -0.1) is 11.3 Å². The number of aromatic nitrogens is 2. The van der Waals surface area contributed by atoms with E-state index < -0.39 is 0 Å². The van der Waals surface area contributed by atoms with Crippen molar-refractivity contribution in [3.05, 3.63) is 40.6 Å². The highest BCUT2D eigenvalue weighted by molar-refractivity contribution is 7.09. The molecule has 1 aliphatic rings. The molecule has 0 aromatic carbocycles. The first-order valence-corrected chi connectivity index (χ1v) is 7.93. The monoisotopic (exact) mass is 289 g/mol. The molecule has 0 spiro atoms. The summed E-state index contributed by atoms with van der Waals surface area (Å²) < 4.78 is 2.14. The van der Waals surface area contributed by atoms with E-state index in [0.717, 1.165) is 31.6 Å². The Balaban J connectivity index is 1.54. The van der Waals surface area contributed by atoms with Crippen LogP contribution in [0.4, 0.5) is 0 Å². The molecule has 2 unspecified atom stereocenters. The lowest BCUT2D eigenvalue weighted by Crippen LogP contribution is -2.43. The molecular formula is C15H19N3OS. The summed E-state index contributed by atoms with van der Waals surface area (Å²) in [6.45, 7) is 2.84. The minimum absolute atomic E-state index is 0.0258. The molecule has 1 N–H and O–H groups in total. The fraction of sp³-hybridized carbons (Fsp3) is 0.467. The minimum atomic E-state index is 0.0258. The highest BCUT2D eigenvalue weighted by Crippen LogP contribution is 2.16. The topological polar surface area (TPSA) is 46.9 Å². The normalized spacial score (nSPS) is 19.4. The third kappa shape index (κ3) is 2.93. The van der Waals surface area contributed by atoms with Crippen LogP contribution in [0.5, 0.6) is 0 Å². The summed E-state index contributed by atoms with van der Waals surface area (Å²) in [5.74, 6) is 1.31. The Morgan fingerprint density at radius 1 is 1.65 bits per heavy atom. The number of nitrogens with zero attached hydrogens (tertiary/aromatic N) is 2. The van der Waals surface area contributed by atoms with Crippen molar-refractivity contribution >= 4 is 17.2 Å². The predicted octanol–water partition coefficient (Wildman–Crippen LogP) is 2.25. The molecule has 2 atom stereocenters. The van der Waals surface area contributed by atoms with E-state index in [2.05, 4.69) is 26.3 Å². The van der Waals surface area contributed by atoms with Gasteiger partial charge in [0.1, 0.15) is 5.82 Å². The summed E-state index contributed by atoms with van der Waals surface area (Å²) >= 11 is 1.71. The van der Waals surface area contributed by atoms with Crippen LogP contribution in [0.2, 0.25) is 0 Å². The number of hydrogen-bond donors (Lipinski definition) is 1. The smallest absolute Gasteiger partial charge is 0.223 e. The molecule has 3 rings (SSSR count). The molecule has 0 aliphatic carbocycles. The van der Waals surface area contributed by atoms with E-state index in [0.29, 0.717) is 0 Å². The second kappa shape index (κ2) is 5.79. The zero-order valence-electron chi connectivity index (χ0n) is 11.6. The van der Waals surface area contributed by atoms with Crippen LogP contribution < -0.4 is 5.32 Å². The largest absolute Gasteiger partial charge is 0.351 e. The first-order valence-electron chi connectivity index (χ1n) is 7.05. The van der Waals surface area contributed by atoms with E-state index in [1.54, 1.807) is 11.3 Å². The van der Waals surface area contributed by atoms with Crippen molar-refractivity contribution in [1.82, 2.24) is 14.9 Å². The molecule has 106 valence electrons. The Morgan fingerprint density at radius 2 is 2.55 bits per heavy atom. The van der Waals surface area contributed by atoms with Gasteiger partial charge < -0.3 is 9.88 Å². The molecule has 0 bridgehead atoms. The highest BCUT2D eigenvalue weighted by atomic mass is 32.1. The summed E-state index contributed by atoms with van der Waals surface area (Å²) in [4.78, 5) is 17.8. The van der Waals surface area contributed by atoms with Crippen molar-refractivity contribution in [2.45, 2.75) is 38.8 Å². The number of nitrogens with one attached hydrogen (secondary N) is 1. The molecular weight excluding hydrogens is 270 g/mol. The summed E-state index contributed by atoms with van der Waals surface area (Å²) in [6, 6.07) is 4.36. The van der Waals surface area contributed by atoms with Gasteiger partial charge in [-0.3, -0.25) is 4.79 Å². The third-order valence-electron chi connectivity index (χ3n) is 3.82. The first kappa shape index (κ1) is 13.4. The molecule has 1 amide bonds. The lowest BCUT2D eigenvalue weighted by atomic mass is 10.0. The van der Waals surface area contributed by atoms with E-state index in [1.807, 2.05) is 25.4 Å². The van der Waals surface area contributed by atoms with Gasteiger partial charge in [0.05, 0.1) is 0 Å². The Kier molecular flexibility index (Phi) is 3.87. The Morgan fingerprint density at radius 3 is 3.35 bits per heavy atom. The van der Waals surface area contributed by atoms with Crippen molar-refractivity contribution in [1.29, 1.82) is 0 Å². The number of carbonyl (C=O) groups is 1. The van der Waals surface area contributed by atoms with Crippen LogP contribution in [0.25, 0.3) is 0 Å². The average Bonchev–Trinajstić information content (AvgIpc) is 3.08. The minimum Gasteiger partial charge on any atom is -0.351 e. The van der Waals surface area contributed by atoms with Gasteiger partial charge in [0.2, 0.25) is 5.91 Å². The first-order chi connectivity index (χ1) is 9.72. The number of fused-ring (bicyclic) bond motifs is 1. The van der Waals surface area contributed by atoms with Gasteiger partial charge >= 0.3 is 0 Å². The van der Waals surface area contributed by atoms with Crippen LogP contribution in [-0.4, -0.2) is 21.5 Å². The highest BCUT2D eigenvalue weighted by Gasteiger charge is 2.22. The molecule has 0 saturated heterocycles. The molecule has 2 aromatic heterocycles. The Labute approximate surface area is 122 Å². The van der Waals surface area contributed by atoms with Gasteiger partial charge in [-0.1, -0.05) is 13.0 Å². The van der Waals surface area contributed by atoms with Crippen LogP contribution in [0.1, 0.15) is 24.0 Å². The van der Waals surface area contributed by atoms with Crippen molar-refractivity contribution in [3.8, 4) is 0 Å². The van der Waals surface area contributed by atoms with Crippen molar-refractivity contribution in [3.63, 3.8) is 0 Å². The lowest BCUT2D eigenvalue weighted by Gasteiger charge is -2.26. The van der Waals surface area contributed by atoms with Crippen LogP contribution in [0.3, 0.4) is 0 Å². The summed E-state index contributed by atoms with van der Waals surface area (Å²) in [5, 5.41) is 5.24. The average molecular weight is 289 g/mol. The van der Waals surface area contributed by atoms with E-state index in [4.69, 9.17) is 0 Å². The maximum Gasteiger partial charge on any atom is 0.223 e. The maximum atomic E-state index is 12.3. The zero-order valence-corrected chi connectivity index (χ0v) is 12.4. The number of rotatable bonds is 4. The molecule has 1 aliphatic heterocycles. The van der Waals surface area contributed by atoms with E-state index in [9.17, 15) is 4.79 Å². The second-order valence-electron chi connectivity index (χ2n) is 5.42. The van der Waals surface area contributed by atoms with Crippen LogP contribution in [0.15, 0.2) is 29.9 Å². The Hall–Kier alpha value is -1.62. The van der Waals surface area contributed by atoms with Crippen LogP contribution in [0, 0.1) is 5.92 Å². The maximum absolute atomic E-state index is 12.3. The van der Waals surface area contributed by atoms with E-state index in [1.165, 1.54) is 4.88 Å². The molecule has 4 nitrogen and oxygen atoms in total. The quantitative estimate of drug-likeness (QED) is 0.938. The molecule has 0 fully saturated rings. The van der Waals surface area contributed by atoms with Gasteiger partial charge in [0.15, 0.2) is 0 Å². The summed E-state index contributed by atoms with van der Waals surface area (Å²) in [5.41, 5.74) is 0. The van der Waals surface area contributed by atoms with Crippen LogP contribution in [-0.2, 0) is 24.2 Å². The third-order valence-corrected chi connectivity index (χ3v) is 4.72. The predicted molar refractivity (Wildman–Crippen MR) is 79.7 cm³/mol. The fourth-order valence-corrected chi connectivity index (χ4v) is 3.49. The molecule has 5 heteroatoms. The van der Waals surface area contributed by atoms with Gasteiger partial charge in [-0.05, 0) is 24.3 Å². The number of imidazole rings is 1. The number of carbonyl (C=O) groups excluding carboxylic acids is 1. The van der Waals surface area contributed by atoms with Gasteiger partial charge in [0.25, 0.3) is 0 Å². The van der Waals surface area contributed by atoms with Crippen molar-refractivity contribution in [2.24, 2.45) is 5.92 Å². The van der Waals surface area contributed by atoms with Crippen molar-refractivity contribution in [2.75, 3.05) is 0 Å². The van der Waals surface area contributed by atoms with Crippen LogP contribution >= 0.6 is 11.3 Å². The number of hydrogen-bond acceptors (Lipinski definition) is 3. The molecule has 0 radical (unpaired) electrons. The van der Waals surface area contributed by atoms with E-state index >= 15 is 0 Å². The molecule has 2 aromatic rings. The standard InChI is InChI=1S/C15H19N3OS/c1-11(9-13-3-2-8-20-13)15(19)17-12-4-5-14-16-6-7-18(14)10-12/h2-3,6-8,11-12H,4-5,9-10H2,1H3,(H,17,19).